The molecule has 6 nitrogen and oxygen atoms in total. The Hall–Kier alpha value is -1.34. The van der Waals surface area contributed by atoms with E-state index in [4.69, 9.17) is 9.15 Å². The molecular weight excluding hydrogens is 306 g/mol. The summed E-state index contributed by atoms with van der Waals surface area (Å²) in [4.78, 5) is 11.3. The normalized spacial score (nSPS) is 17.5. The van der Waals surface area contributed by atoms with Crippen LogP contribution in [0.2, 0.25) is 0 Å². The zero-order valence-corrected chi connectivity index (χ0v) is 13.9. The molecule has 0 spiro atoms. The molecule has 1 saturated heterocycles. The van der Waals surface area contributed by atoms with E-state index in [0.717, 1.165) is 6.42 Å². The standard InChI is InChI=1S/C15H23NO5S/c1-3-4-9-22(18,19)16-7-5-13(6-8-16)21-14-10-12(2)20-15(17)11-14/h10-11,13H,3-9H2,1-2H3. The molecule has 0 unspecified atom stereocenters. The van der Waals surface area contributed by atoms with Crippen molar-refractivity contribution < 1.29 is 17.6 Å². The average Bonchev–Trinajstić information content (AvgIpc) is 2.45. The van der Waals surface area contributed by atoms with Crippen molar-refractivity contribution in [2.45, 2.75) is 45.6 Å². The Morgan fingerprint density at radius 2 is 2.00 bits per heavy atom. The van der Waals surface area contributed by atoms with E-state index in [9.17, 15) is 13.2 Å². The molecule has 0 aromatic carbocycles. The highest BCUT2D eigenvalue weighted by molar-refractivity contribution is 7.89. The second-order valence-electron chi connectivity index (χ2n) is 5.61. The number of unbranched alkanes of at least 4 members (excludes halogenated alkanes) is 1. The Morgan fingerprint density at radius 1 is 1.32 bits per heavy atom. The summed E-state index contributed by atoms with van der Waals surface area (Å²) in [5.41, 5.74) is -0.436. The van der Waals surface area contributed by atoms with Gasteiger partial charge in [0.15, 0.2) is 0 Å². The lowest BCUT2D eigenvalue weighted by Gasteiger charge is -2.31. The number of hydrogen-bond acceptors (Lipinski definition) is 5. The van der Waals surface area contributed by atoms with Gasteiger partial charge >= 0.3 is 5.63 Å². The smallest absolute Gasteiger partial charge is 0.339 e. The molecule has 1 aromatic rings. The van der Waals surface area contributed by atoms with Crippen LogP contribution < -0.4 is 10.4 Å². The first-order valence-electron chi connectivity index (χ1n) is 7.67. The van der Waals surface area contributed by atoms with Crippen LogP contribution >= 0.6 is 0 Å². The van der Waals surface area contributed by atoms with Gasteiger partial charge in [-0.05, 0) is 26.2 Å². The number of aryl methyl sites for hydroxylation is 1. The van der Waals surface area contributed by atoms with Gasteiger partial charge < -0.3 is 9.15 Å². The first-order valence-corrected chi connectivity index (χ1v) is 9.28. The number of ether oxygens (including phenoxy) is 1. The van der Waals surface area contributed by atoms with Gasteiger partial charge in [-0.25, -0.2) is 17.5 Å². The number of hydrogen-bond donors (Lipinski definition) is 0. The van der Waals surface area contributed by atoms with Crippen LogP contribution in [-0.2, 0) is 10.0 Å². The van der Waals surface area contributed by atoms with Gasteiger partial charge in [-0.3, -0.25) is 0 Å². The van der Waals surface area contributed by atoms with Crippen LogP contribution in [0, 0.1) is 6.92 Å². The zero-order valence-electron chi connectivity index (χ0n) is 13.1. The number of sulfonamides is 1. The minimum Gasteiger partial charge on any atom is -0.490 e. The fourth-order valence-electron chi connectivity index (χ4n) is 2.52. The maximum Gasteiger partial charge on any atom is 0.339 e. The van der Waals surface area contributed by atoms with Gasteiger partial charge in [0.05, 0.1) is 11.8 Å². The number of rotatable bonds is 6. The first-order chi connectivity index (χ1) is 10.4. The van der Waals surface area contributed by atoms with E-state index in [1.54, 1.807) is 17.3 Å². The van der Waals surface area contributed by atoms with E-state index in [2.05, 4.69) is 0 Å². The molecule has 0 aliphatic carbocycles. The molecule has 0 bridgehead atoms. The van der Waals surface area contributed by atoms with Gasteiger partial charge in [-0.15, -0.1) is 0 Å². The summed E-state index contributed by atoms with van der Waals surface area (Å²) >= 11 is 0. The van der Waals surface area contributed by atoms with E-state index < -0.39 is 15.6 Å². The molecule has 0 N–H and O–H groups in total. The molecule has 1 fully saturated rings. The fraction of sp³-hybridized carbons (Fsp3) is 0.667. The minimum absolute atomic E-state index is 0.0705. The monoisotopic (exact) mass is 329 g/mol. The summed E-state index contributed by atoms with van der Waals surface area (Å²) in [5, 5.41) is 0. The molecule has 1 aromatic heterocycles. The molecule has 1 aliphatic rings. The molecule has 22 heavy (non-hydrogen) atoms. The lowest BCUT2D eigenvalue weighted by Crippen LogP contribution is -2.42. The maximum absolute atomic E-state index is 12.1. The van der Waals surface area contributed by atoms with E-state index in [0.29, 0.717) is 43.9 Å². The van der Waals surface area contributed by atoms with Crippen molar-refractivity contribution in [3.63, 3.8) is 0 Å². The third-order valence-electron chi connectivity index (χ3n) is 3.72. The zero-order chi connectivity index (χ0) is 16.2. The summed E-state index contributed by atoms with van der Waals surface area (Å²) in [5.74, 6) is 1.21. The van der Waals surface area contributed by atoms with Crippen LogP contribution in [0.3, 0.4) is 0 Å². The summed E-state index contributed by atoms with van der Waals surface area (Å²) in [6, 6.07) is 2.99. The SMILES string of the molecule is CCCCS(=O)(=O)N1CCC(Oc2cc(C)oc(=O)c2)CC1. The average molecular weight is 329 g/mol. The summed E-state index contributed by atoms with van der Waals surface area (Å²) in [6.45, 7) is 4.61. The van der Waals surface area contributed by atoms with Crippen LogP contribution in [0.15, 0.2) is 21.3 Å². The highest BCUT2D eigenvalue weighted by Crippen LogP contribution is 2.20. The maximum atomic E-state index is 12.1. The lowest BCUT2D eigenvalue weighted by molar-refractivity contribution is 0.134. The third-order valence-corrected chi connectivity index (χ3v) is 5.68. The molecule has 124 valence electrons. The summed E-state index contributed by atoms with van der Waals surface area (Å²) < 4.78 is 36.5. The molecule has 7 heteroatoms. The largest absolute Gasteiger partial charge is 0.490 e. The summed E-state index contributed by atoms with van der Waals surface area (Å²) in [6.07, 6.45) is 2.75. The van der Waals surface area contributed by atoms with E-state index in [-0.39, 0.29) is 11.9 Å². The Kier molecular flexibility index (Phi) is 5.63. The van der Waals surface area contributed by atoms with Gasteiger partial charge in [0.2, 0.25) is 10.0 Å². The van der Waals surface area contributed by atoms with E-state index in [1.807, 2.05) is 6.92 Å². The second-order valence-corrected chi connectivity index (χ2v) is 7.70. The molecule has 2 rings (SSSR count). The highest BCUT2D eigenvalue weighted by Gasteiger charge is 2.28. The predicted octanol–water partition coefficient (Wildman–Crippen LogP) is 1.92. The minimum atomic E-state index is -3.14. The molecule has 1 aliphatic heterocycles. The highest BCUT2D eigenvalue weighted by atomic mass is 32.2. The molecule has 0 atom stereocenters. The van der Waals surface area contributed by atoms with Crippen molar-refractivity contribution in [2.75, 3.05) is 18.8 Å². The Balaban J connectivity index is 1.91. The van der Waals surface area contributed by atoms with Crippen molar-refractivity contribution in [2.24, 2.45) is 0 Å². The fourth-order valence-corrected chi connectivity index (χ4v) is 4.20. The Labute approximate surface area is 131 Å². The second kappa shape index (κ2) is 7.28. The van der Waals surface area contributed by atoms with Crippen LogP contribution in [0.5, 0.6) is 5.75 Å². The van der Waals surface area contributed by atoms with Crippen LogP contribution in [-0.4, -0.2) is 37.7 Å². The van der Waals surface area contributed by atoms with Gasteiger partial charge in [0, 0.05) is 19.2 Å². The van der Waals surface area contributed by atoms with E-state index >= 15 is 0 Å². The van der Waals surface area contributed by atoms with Crippen molar-refractivity contribution >= 4 is 10.0 Å². The van der Waals surface area contributed by atoms with Gasteiger partial charge in [0.1, 0.15) is 17.6 Å². The molecular formula is C15H23NO5S. The number of nitrogens with zero attached hydrogens (tertiary/aromatic N) is 1. The van der Waals surface area contributed by atoms with Gasteiger partial charge in [-0.1, -0.05) is 13.3 Å². The van der Waals surface area contributed by atoms with E-state index in [1.165, 1.54) is 6.07 Å². The van der Waals surface area contributed by atoms with Crippen LogP contribution in [0.25, 0.3) is 0 Å². The Morgan fingerprint density at radius 3 is 2.59 bits per heavy atom. The Bertz CT molecular complexity index is 644. The quantitative estimate of drug-likeness (QED) is 0.797. The molecule has 0 amide bonds. The van der Waals surface area contributed by atoms with Crippen molar-refractivity contribution in [1.29, 1.82) is 0 Å². The van der Waals surface area contributed by atoms with Gasteiger partial charge in [0.25, 0.3) is 0 Å². The summed E-state index contributed by atoms with van der Waals surface area (Å²) in [7, 11) is -3.14. The van der Waals surface area contributed by atoms with Crippen molar-refractivity contribution in [3.05, 3.63) is 28.3 Å². The van der Waals surface area contributed by atoms with Gasteiger partial charge in [-0.2, -0.15) is 0 Å². The first kappa shape index (κ1) is 17.0. The number of piperidine rings is 1. The molecule has 0 radical (unpaired) electrons. The van der Waals surface area contributed by atoms with Crippen LogP contribution in [0.4, 0.5) is 0 Å². The lowest BCUT2D eigenvalue weighted by atomic mass is 10.1. The third kappa shape index (κ3) is 4.58. The molecule has 0 saturated carbocycles. The predicted molar refractivity (Wildman–Crippen MR) is 83.6 cm³/mol. The van der Waals surface area contributed by atoms with Crippen molar-refractivity contribution in [1.82, 2.24) is 4.31 Å². The van der Waals surface area contributed by atoms with Crippen LogP contribution in [0.1, 0.15) is 38.4 Å². The molecule has 2 heterocycles. The van der Waals surface area contributed by atoms with Crippen molar-refractivity contribution in [3.8, 4) is 5.75 Å². The topological polar surface area (TPSA) is 76.8 Å².